The maximum Gasteiger partial charge on any atom is 0.139 e. The van der Waals surface area contributed by atoms with E-state index in [2.05, 4.69) is 65.7 Å². The van der Waals surface area contributed by atoms with Crippen LogP contribution in [0.15, 0.2) is 48.7 Å². The van der Waals surface area contributed by atoms with Gasteiger partial charge in [0.2, 0.25) is 0 Å². The highest BCUT2D eigenvalue weighted by Gasteiger charge is 2.21. The van der Waals surface area contributed by atoms with Gasteiger partial charge in [0.1, 0.15) is 11.6 Å². The number of pyridine rings is 1. The van der Waals surface area contributed by atoms with Crippen molar-refractivity contribution in [2.24, 2.45) is 11.8 Å². The number of hydrogen-bond donors (Lipinski definition) is 1. The predicted octanol–water partition coefficient (Wildman–Crippen LogP) is 5.44. The monoisotopic (exact) mass is 445 g/mol. The Kier molecular flexibility index (Phi) is 8.65. The molecule has 0 amide bonds. The van der Waals surface area contributed by atoms with Crippen molar-refractivity contribution < 1.29 is 0 Å². The van der Waals surface area contributed by atoms with Crippen molar-refractivity contribution in [3.8, 4) is 0 Å². The van der Waals surface area contributed by atoms with Crippen molar-refractivity contribution in [3.63, 3.8) is 0 Å². The summed E-state index contributed by atoms with van der Waals surface area (Å²) >= 11 is 0. The minimum absolute atomic E-state index is 0.850. The zero-order valence-electron chi connectivity index (χ0n) is 20.3. The molecular weight excluding hydrogens is 406 g/mol. The van der Waals surface area contributed by atoms with Gasteiger partial charge in [0.05, 0.1) is 5.52 Å². The third-order valence-electron chi connectivity index (χ3n) is 6.98. The normalized spacial score (nSPS) is 18.5. The van der Waals surface area contributed by atoms with Crippen molar-refractivity contribution >= 4 is 16.7 Å². The lowest BCUT2D eigenvalue weighted by Crippen LogP contribution is -2.27. The summed E-state index contributed by atoms with van der Waals surface area (Å²) < 4.78 is 0. The van der Waals surface area contributed by atoms with E-state index in [1.54, 1.807) is 0 Å². The summed E-state index contributed by atoms with van der Waals surface area (Å²) in [5.74, 6) is 3.74. The first-order valence-corrected chi connectivity index (χ1v) is 12.7. The van der Waals surface area contributed by atoms with Gasteiger partial charge in [-0.25, -0.2) is 9.97 Å². The second kappa shape index (κ2) is 12.1. The minimum Gasteiger partial charge on any atom is -0.362 e. The van der Waals surface area contributed by atoms with Crippen LogP contribution >= 0.6 is 0 Å². The van der Waals surface area contributed by atoms with Crippen molar-refractivity contribution in [3.05, 3.63) is 60.2 Å². The Hall–Kier alpha value is -2.53. The molecule has 33 heavy (non-hydrogen) atoms. The molecule has 0 unspecified atom stereocenters. The Morgan fingerprint density at radius 2 is 1.67 bits per heavy atom. The molecule has 0 bridgehead atoms. The van der Waals surface area contributed by atoms with E-state index in [0.717, 1.165) is 53.8 Å². The van der Waals surface area contributed by atoms with Crippen molar-refractivity contribution in [2.45, 2.75) is 57.8 Å². The first-order chi connectivity index (χ1) is 16.2. The fraction of sp³-hybridized carbons (Fsp3) is 0.536. The van der Waals surface area contributed by atoms with Crippen LogP contribution in [0, 0.1) is 11.8 Å². The zero-order chi connectivity index (χ0) is 22.9. The number of nitrogens with one attached hydrogen (secondary N) is 1. The molecule has 0 radical (unpaired) electrons. The summed E-state index contributed by atoms with van der Waals surface area (Å²) in [6, 6.07) is 14.5. The lowest BCUT2D eigenvalue weighted by Gasteiger charge is -2.28. The number of rotatable bonds is 11. The highest BCUT2D eigenvalue weighted by molar-refractivity contribution is 5.89. The molecule has 1 aliphatic carbocycles. The van der Waals surface area contributed by atoms with Crippen LogP contribution in [0.4, 0.5) is 5.82 Å². The number of benzene rings is 1. The molecule has 1 N–H and O–H groups in total. The number of anilines is 1. The Bertz CT molecular complexity index is 980. The van der Waals surface area contributed by atoms with Crippen LogP contribution < -0.4 is 10.2 Å². The van der Waals surface area contributed by atoms with Crippen LogP contribution in [0.1, 0.15) is 56.5 Å². The topological polar surface area (TPSA) is 53.9 Å². The van der Waals surface area contributed by atoms with Crippen molar-refractivity contribution in [2.75, 3.05) is 32.1 Å². The second-order valence-electron chi connectivity index (χ2n) is 9.78. The first-order valence-electron chi connectivity index (χ1n) is 12.7. The second-order valence-corrected chi connectivity index (χ2v) is 9.78. The van der Waals surface area contributed by atoms with E-state index in [1.807, 2.05) is 12.3 Å². The molecule has 1 saturated carbocycles. The van der Waals surface area contributed by atoms with Gasteiger partial charge in [0, 0.05) is 37.8 Å². The summed E-state index contributed by atoms with van der Waals surface area (Å²) in [6.07, 6.45) is 13.1. The van der Waals surface area contributed by atoms with Crippen molar-refractivity contribution in [1.29, 1.82) is 0 Å². The molecule has 1 fully saturated rings. The number of para-hydroxylation sites is 1. The molecule has 0 saturated heterocycles. The fourth-order valence-electron chi connectivity index (χ4n) is 5.08. The number of hydrogen-bond acceptors (Lipinski definition) is 5. The Labute approximate surface area is 199 Å². The molecule has 3 aromatic rings. The van der Waals surface area contributed by atoms with E-state index >= 15 is 0 Å². The molecule has 1 aliphatic rings. The molecule has 2 aromatic heterocycles. The van der Waals surface area contributed by atoms with Crippen LogP contribution in [-0.4, -0.2) is 42.1 Å². The molecule has 5 heteroatoms. The molecule has 0 spiro atoms. The molecule has 5 nitrogen and oxygen atoms in total. The lowest BCUT2D eigenvalue weighted by molar-refractivity contribution is 0.254. The van der Waals surface area contributed by atoms with Crippen LogP contribution in [0.2, 0.25) is 0 Å². The average molecular weight is 446 g/mol. The van der Waals surface area contributed by atoms with E-state index in [9.17, 15) is 0 Å². The Morgan fingerprint density at radius 1 is 0.879 bits per heavy atom. The van der Waals surface area contributed by atoms with Crippen LogP contribution in [-0.2, 0) is 12.8 Å². The van der Waals surface area contributed by atoms with Gasteiger partial charge in [-0.3, -0.25) is 4.98 Å². The molecule has 0 atom stereocenters. The quantitative estimate of drug-likeness (QED) is 0.398. The molecule has 1 aromatic carbocycles. The number of nitrogens with zero attached hydrogens (tertiary/aromatic N) is 4. The lowest BCUT2D eigenvalue weighted by atomic mass is 9.80. The van der Waals surface area contributed by atoms with Crippen LogP contribution in [0.3, 0.4) is 0 Å². The number of aryl methyl sites for hydroxylation is 2. The fourth-order valence-corrected chi connectivity index (χ4v) is 5.08. The summed E-state index contributed by atoms with van der Waals surface area (Å²) in [7, 11) is 4.12. The average Bonchev–Trinajstić information content (AvgIpc) is 2.85. The zero-order valence-corrected chi connectivity index (χ0v) is 20.3. The highest BCUT2D eigenvalue weighted by atomic mass is 15.1. The largest absolute Gasteiger partial charge is 0.362 e. The van der Waals surface area contributed by atoms with Crippen LogP contribution in [0.5, 0.6) is 0 Å². The number of aromatic nitrogens is 3. The molecule has 2 heterocycles. The summed E-state index contributed by atoms with van der Waals surface area (Å²) in [5.41, 5.74) is 2.26. The molecule has 4 rings (SSSR count). The Balaban J connectivity index is 1.13. The maximum absolute atomic E-state index is 4.87. The van der Waals surface area contributed by atoms with E-state index < -0.39 is 0 Å². The molecule has 0 aliphatic heterocycles. The highest BCUT2D eigenvalue weighted by Crippen LogP contribution is 2.31. The van der Waals surface area contributed by atoms with Gasteiger partial charge in [-0.15, -0.1) is 0 Å². The van der Waals surface area contributed by atoms with Gasteiger partial charge < -0.3 is 10.2 Å². The summed E-state index contributed by atoms with van der Waals surface area (Å²) in [4.78, 5) is 16.2. The van der Waals surface area contributed by atoms with Gasteiger partial charge in [0.15, 0.2) is 0 Å². The van der Waals surface area contributed by atoms with Gasteiger partial charge in [-0.2, -0.15) is 0 Å². The van der Waals surface area contributed by atoms with E-state index in [1.165, 1.54) is 57.2 Å². The standard InChI is InChI=1S/C28H39N5/c1-33(2)28-25-12-3-4-13-26(25)31-27(32-28)14-7-9-22-15-17-23(18-16-22)21-29-19-8-11-24-10-5-6-20-30-24/h3-6,10,12-13,20,22-23,29H,7-9,11,14-19,21H2,1-2H3. The van der Waals surface area contributed by atoms with E-state index in [-0.39, 0.29) is 0 Å². The third-order valence-corrected chi connectivity index (χ3v) is 6.98. The molecular formula is C28H39N5. The predicted molar refractivity (Wildman–Crippen MR) is 138 cm³/mol. The molecule has 176 valence electrons. The smallest absolute Gasteiger partial charge is 0.139 e. The van der Waals surface area contributed by atoms with Gasteiger partial charge >= 0.3 is 0 Å². The van der Waals surface area contributed by atoms with E-state index in [4.69, 9.17) is 9.97 Å². The first kappa shape index (κ1) is 23.6. The van der Waals surface area contributed by atoms with Crippen LogP contribution in [0.25, 0.3) is 10.9 Å². The Morgan fingerprint density at radius 3 is 2.45 bits per heavy atom. The SMILES string of the molecule is CN(C)c1nc(CCCC2CCC(CNCCCc3ccccn3)CC2)nc2ccccc12. The van der Waals surface area contributed by atoms with Gasteiger partial charge in [-0.05, 0) is 81.3 Å². The van der Waals surface area contributed by atoms with Crippen molar-refractivity contribution in [1.82, 2.24) is 20.3 Å². The van der Waals surface area contributed by atoms with E-state index in [0.29, 0.717) is 0 Å². The minimum atomic E-state index is 0.850. The maximum atomic E-state index is 4.87. The third kappa shape index (κ3) is 6.97. The summed E-state index contributed by atoms with van der Waals surface area (Å²) in [5, 5.41) is 4.82. The van der Waals surface area contributed by atoms with Gasteiger partial charge in [-0.1, -0.05) is 37.5 Å². The summed E-state index contributed by atoms with van der Waals surface area (Å²) in [6.45, 7) is 2.27. The van der Waals surface area contributed by atoms with Gasteiger partial charge in [0.25, 0.3) is 0 Å². The number of fused-ring (bicyclic) bond motifs is 1.